The van der Waals surface area contributed by atoms with Crippen LogP contribution in [0.3, 0.4) is 0 Å². The van der Waals surface area contributed by atoms with Gasteiger partial charge in [0, 0.05) is 62.3 Å². The summed E-state index contributed by atoms with van der Waals surface area (Å²) in [5.74, 6) is 2.86. The van der Waals surface area contributed by atoms with E-state index in [0.29, 0.717) is 35.9 Å². The summed E-state index contributed by atoms with van der Waals surface area (Å²) in [6.07, 6.45) is 4.10. The third kappa shape index (κ3) is 25.3. The molecule has 9 nitrogen and oxygen atoms in total. The number of imidazole rings is 1. The van der Waals surface area contributed by atoms with E-state index in [9.17, 15) is 0 Å². The topological polar surface area (TPSA) is 64.3 Å². The number of aromatic nitrogens is 7. The van der Waals surface area contributed by atoms with Crippen LogP contribution in [0.2, 0.25) is 0 Å². The molecule has 0 atom stereocenters. The molecule has 0 unspecified atom stereocenters. The minimum atomic E-state index is 0. The molecule has 0 aliphatic carbocycles. The SMILES string of the molecule is C.CC.CC.CC.CC.CC.CC.CC.CC.CC.CC(C)c1cc2n(C(C)C)ccn2n1.CC(C)c1cc2n(n1)CCN(C(C)C)C2.CC(C)c1cc2n(n1)CCN2C(C)C. The minimum absolute atomic E-state index is 0. The van der Waals surface area contributed by atoms with Gasteiger partial charge in [0.2, 0.25) is 0 Å². The first kappa shape index (κ1) is 73.3. The molecule has 0 spiro atoms. The molecular formula is C53H115N9. The van der Waals surface area contributed by atoms with Crippen molar-refractivity contribution >= 4 is 11.5 Å². The van der Waals surface area contributed by atoms with Gasteiger partial charge in [-0.3, -0.25) is 9.58 Å². The second-order valence-electron chi connectivity index (χ2n) is 13.9. The smallest absolute Gasteiger partial charge is 0.136 e. The maximum absolute atomic E-state index is 4.63. The highest BCUT2D eigenvalue weighted by molar-refractivity contribution is 5.45. The van der Waals surface area contributed by atoms with Crippen molar-refractivity contribution < 1.29 is 0 Å². The van der Waals surface area contributed by atoms with Crippen molar-refractivity contribution in [3.05, 3.63) is 53.4 Å². The maximum Gasteiger partial charge on any atom is 0.136 e. The van der Waals surface area contributed by atoms with Gasteiger partial charge in [-0.2, -0.15) is 15.3 Å². The van der Waals surface area contributed by atoms with E-state index in [1.54, 1.807) is 0 Å². The molecule has 0 saturated carbocycles. The van der Waals surface area contributed by atoms with Crippen molar-refractivity contribution in [3.63, 3.8) is 0 Å². The van der Waals surface area contributed by atoms with Crippen molar-refractivity contribution in [2.45, 2.75) is 271 Å². The second-order valence-corrected chi connectivity index (χ2v) is 13.9. The predicted molar refractivity (Wildman–Crippen MR) is 287 cm³/mol. The highest BCUT2D eigenvalue weighted by atomic mass is 15.4. The molecule has 372 valence electrons. The quantitative estimate of drug-likeness (QED) is 0.193. The van der Waals surface area contributed by atoms with E-state index in [1.807, 2.05) is 135 Å². The van der Waals surface area contributed by atoms with Gasteiger partial charge in [-0.1, -0.05) is 174 Å². The summed E-state index contributed by atoms with van der Waals surface area (Å²) in [7, 11) is 0. The van der Waals surface area contributed by atoms with Crippen LogP contribution in [0.4, 0.5) is 5.82 Å². The monoisotopic (exact) mass is 878 g/mol. The zero-order valence-electron chi connectivity index (χ0n) is 46.9. The van der Waals surface area contributed by atoms with E-state index in [4.69, 9.17) is 0 Å². The summed E-state index contributed by atoms with van der Waals surface area (Å²) in [5, 5.41) is 13.7. The fraction of sp³-hybridized carbons (Fsp3) is 0.792. The second kappa shape index (κ2) is 45.9. The Bertz CT molecular complexity index is 1450. The Morgan fingerprint density at radius 1 is 0.419 bits per heavy atom. The molecule has 0 saturated heterocycles. The highest BCUT2D eigenvalue weighted by Gasteiger charge is 2.24. The highest BCUT2D eigenvalue weighted by Crippen LogP contribution is 2.27. The van der Waals surface area contributed by atoms with Gasteiger partial charge >= 0.3 is 0 Å². The molecule has 6 heterocycles. The summed E-state index contributed by atoms with van der Waals surface area (Å²) in [4.78, 5) is 4.92. The van der Waals surface area contributed by atoms with Crippen LogP contribution in [0, 0.1) is 0 Å². The molecule has 9 heteroatoms. The molecule has 4 aromatic heterocycles. The van der Waals surface area contributed by atoms with Gasteiger partial charge < -0.3 is 9.47 Å². The van der Waals surface area contributed by atoms with E-state index in [1.165, 1.54) is 28.5 Å². The number of rotatable bonds is 6. The van der Waals surface area contributed by atoms with Crippen molar-refractivity contribution in [2.75, 3.05) is 18.0 Å². The Morgan fingerprint density at radius 3 is 1.23 bits per heavy atom. The molecule has 6 rings (SSSR count). The summed E-state index contributed by atoms with van der Waals surface area (Å²) in [5.41, 5.74) is 6.17. The summed E-state index contributed by atoms with van der Waals surface area (Å²) >= 11 is 0. The minimum Gasteiger partial charge on any atom is -0.353 e. The largest absolute Gasteiger partial charge is 0.353 e. The van der Waals surface area contributed by atoms with Crippen LogP contribution >= 0.6 is 0 Å². The van der Waals surface area contributed by atoms with Crippen molar-refractivity contribution in [2.24, 2.45) is 0 Å². The van der Waals surface area contributed by atoms with Crippen LogP contribution in [-0.2, 0) is 19.6 Å². The lowest BCUT2D eigenvalue weighted by Crippen LogP contribution is -2.38. The Morgan fingerprint density at radius 2 is 0.823 bits per heavy atom. The van der Waals surface area contributed by atoms with E-state index in [0.717, 1.165) is 38.4 Å². The van der Waals surface area contributed by atoms with Crippen LogP contribution in [0.15, 0.2) is 30.6 Å². The summed E-state index contributed by atoms with van der Waals surface area (Å²) in [6.45, 7) is 67.9. The molecule has 2 aliphatic rings. The molecule has 0 amide bonds. The lowest BCUT2D eigenvalue weighted by atomic mass is 10.1. The normalized spacial score (nSPS) is 11.4. The van der Waals surface area contributed by atoms with E-state index < -0.39 is 0 Å². The fourth-order valence-electron chi connectivity index (χ4n) is 5.61. The van der Waals surface area contributed by atoms with Crippen LogP contribution in [0.25, 0.3) is 5.65 Å². The standard InChI is InChI=1S/C12H21N3.C11H19N3.C11H17N3.9C2H6.CH4/c1-9(2)12-7-11-8-14(10(3)4)5-6-15(11)13-12;2*1-8(2)10-7-11-13(9(3)4)5-6-14(11)12-10;9*1-2;/h7,9-10H,5-6,8H2,1-4H3;7-9H,5-6H2,1-4H3;5-9H,1-4H3;9*1-2H3;1H4. The lowest BCUT2D eigenvalue weighted by Gasteiger charge is -2.30. The summed E-state index contributed by atoms with van der Waals surface area (Å²) in [6, 6.07) is 8.37. The third-order valence-corrected chi connectivity index (χ3v) is 8.52. The van der Waals surface area contributed by atoms with Gasteiger partial charge in [-0.05, 0) is 65.4 Å². The van der Waals surface area contributed by atoms with E-state index >= 15 is 0 Å². The molecule has 0 aromatic carbocycles. The average molecular weight is 879 g/mol. The zero-order valence-corrected chi connectivity index (χ0v) is 46.9. The van der Waals surface area contributed by atoms with Gasteiger partial charge in [-0.25, -0.2) is 9.20 Å². The summed E-state index contributed by atoms with van der Waals surface area (Å²) < 4.78 is 8.50. The lowest BCUT2D eigenvalue weighted by molar-refractivity contribution is 0.171. The van der Waals surface area contributed by atoms with Crippen LogP contribution in [0.5, 0.6) is 0 Å². The number of hydrogen-bond donors (Lipinski definition) is 0. The molecule has 2 aliphatic heterocycles. The fourth-order valence-corrected chi connectivity index (χ4v) is 5.61. The van der Waals surface area contributed by atoms with Crippen molar-refractivity contribution in [3.8, 4) is 0 Å². The third-order valence-electron chi connectivity index (χ3n) is 8.52. The molecule has 62 heavy (non-hydrogen) atoms. The molecule has 4 aromatic rings. The van der Waals surface area contributed by atoms with Crippen LogP contribution < -0.4 is 4.90 Å². The number of fused-ring (bicyclic) bond motifs is 3. The molecular weight excluding hydrogens is 763 g/mol. The number of hydrogen-bond acceptors (Lipinski definition) is 5. The van der Waals surface area contributed by atoms with Crippen molar-refractivity contribution in [1.82, 2.24) is 38.6 Å². The number of anilines is 1. The Kier molecular flexibility index (Phi) is 54.3. The average Bonchev–Trinajstić information content (AvgIpc) is 4.14. The Hall–Kier alpha value is -3.07. The molecule has 0 N–H and O–H groups in total. The van der Waals surface area contributed by atoms with Gasteiger partial charge in [-0.15, -0.1) is 0 Å². The molecule has 0 fully saturated rings. The van der Waals surface area contributed by atoms with Crippen LogP contribution in [-0.4, -0.2) is 63.8 Å². The molecule has 0 bridgehead atoms. The van der Waals surface area contributed by atoms with E-state index in [2.05, 4.69) is 147 Å². The Labute approximate surface area is 390 Å². The van der Waals surface area contributed by atoms with Gasteiger partial charge in [0.25, 0.3) is 0 Å². The van der Waals surface area contributed by atoms with Gasteiger partial charge in [0.15, 0.2) is 0 Å². The first-order valence-electron chi connectivity index (χ1n) is 25.5. The van der Waals surface area contributed by atoms with Gasteiger partial charge in [0.1, 0.15) is 11.5 Å². The zero-order chi connectivity index (χ0) is 49.6. The first-order valence-corrected chi connectivity index (χ1v) is 25.5. The number of nitrogens with zero attached hydrogens (tertiary/aromatic N) is 9. The molecule has 0 radical (unpaired) electrons. The van der Waals surface area contributed by atoms with E-state index in [-0.39, 0.29) is 7.43 Å². The van der Waals surface area contributed by atoms with Crippen LogP contribution in [0.1, 0.15) is 262 Å². The Balaban J connectivity index is -0.000000123. The van der Waals surface area contributed by atoms with Crippen molar-refractivity contribution in [1.29, 1.82) is 0 Å². The predicted octanol–water partition coefficient (Wildman–Crippen LogP) is 17.2. The maximum atomic E-state index is 4.63. The first-order chi connectivity index (χ1) is 29.3. The van der Waals surface area contributed by atoms with Gasteiger partial charge in [0.05, 0.1) is 35.9 Å².